The highest BCUT2D eigenvalue weighted by Crippen LogP contribution is 2.21. The summed E-state index contributed by atoms with van der Waals surface area (Å²) >= 11 is 0. The Bertz CT molecular complexity index is 779. The molecule has 1 aromatic heterocycles. The van der Waals surface area contributed by atoms with Crippen LogP contribution in [0, 0.1) is 0 Å². The Balaban J connectivity index is 1.67. The van der Waals surface area contributed by atoms with Crippen molar-refractivity contribution in [1.82, 2.24) is 14.8 Å². The van der Waals surface area contributed by atoms with Gasteiger partial charge in [-0.3, -0.25) is 9.59 Å². The predicted octanol–water partition coefficient (Wildman–Crippen LogP) is 1.89. The Morgan fingerprint density at radius 2 is 1.92 bits per heavy atom. The molecule has 0 saturated carbocycles. The van der Waals surface area contributed by atoms with E-state index in [9.17, 15) is 9.59 Å². The van der Waals surface area contributed by atoms with E-state index in [1.165, 1.54) is 0 Å². The molecular weight excluding hydrogens is 330 g/mol. The van der Waals surface area contributed by atoms with Crippen molar-refractivity contribution in [2.24, 2.45) is 0 Å². The van der Waals surface area contributed by atoms with Crippen molar-refractivity contribution in [3.63, 3.8) is 0 Å². The number of piperazine rings is 1. The molecule has 1 aliphatic heterocycles. The maximum Gasteiger partial charge on any atom is 0.245 e. The largest absolute Gasteiger partial charge is 0.481 e. The molecule has 3 rings (SSSR count). The number of pyridine rings is 1. The van der Waals surface area contributed by atoms with Crippen molar-refractivity contribution in [3.8, 4) is 5.88 Å². The molecule has 1 fully saturated rings. The summed E-state index contributed by atoms with van der Waals surface area (Å²) in [5.74, 6) is 0.394. The lowest BCUT2D eigenvalue weighted by molar-refractivity contribution is -0.155. The average molecular weight is 353 g/mol. The van der Waals surface area contributed by atoms with Crippen LogP contribution in [0.15, 0.2) is 48.7 Å². The molecule has 0 spiro atoms. The van der Waals surface area contributed by atoms with Crippen LogP contribution in [0.1, 0.15) is 18.1 Å². The number of hydrogen-bond acceptors (Lipinski definition) is 4. The van der Waals surface area contributed by atoms with E-state index in [2.05, 4.69) is 4.98 Å². The van der Waals surface area contributed by atoms with Gasteiger partial charge in [0.2, 0.25) is 17.7 Å². The summed E-state index contributed by atoms with van der Waals surface area (Å²) in [6.45, 7) is 2.74. The van der Waals surface area contributed by atoms with Gasteiger partial charge in [0.25, 0.3) is 0 Å². The second-order valence-corrected chi connectivity index (χ2v) is 6.36. The van der Waals surface area contributed by atoms with Gasteiger partial charge in [0.15, 0.2) is 0 Å². The molecule has 1 saturated heterocycles. The minimum Gasteiger partial charge on any atom is -0.481 e. The predicted molar refractivity (Wildman–Crippen MR) is 97.5 cm³/mol. The monoisotopic (exact) mass is 353 g/mol. The molecule has 0 bridgehead atoms. The fraction of sp³-hybridized carbons (Fsp3) is 0.350. The molecule has 0 radical (unpaired) electrons. The first-order valence-electron chi connectivity index (χ1n) is 8.70. The Morgan fingerprint density at radius 1 is 1.15 bits per heavy atom. The molecule has 6 nitrogen and oxygen atoms in total. The lowest BCUT2D eigenvalue weighted by Gasteiger charge is -2.39. The van der Waals surface area contributed by atoms with E-state index < -0.39 is 6.04 Å². The van der Waals surface area contributed by atoms with Gasteiger partial charge in [0.05, 0.1) is 20.2 Å². The van der Waals surface area contributed by atoms with E-state index in [4.69, 9.17) is 4.74 Å². The van der Waals surface area contributed by atoms with Crippen molar-refractivity contribution in [3.05, 3.63) is 59.8 Å². The van der Waals surface area contributed by atoms with Crippen molar-refractivity contribution in [2.75, 3.05) is 20.2 Å². The van der Waals surface area contributed by atoms with Gasteiger partial charge >= 0.3 is 0 Å². The molecule has 0 unspecified atom stereocenters. The maximum atomic E-state index is 12.7. The number of nitrogens with zero attached hydrogens (tertiary/aromatic N) is 3. The van der Waals surface area contributed by atoms with Gasteiger partial charge in [-0.2, -0.15) is 0 Å². The molecule has 26 heavy (non-hydrogen) atoms. The summed E-state index contributed by atoms with van der Waals surface area (Å²) in [6.07, 6.45) is 2.38. The fourth-order valence-corrected chi connectivity index (χ4v) is 3.18. The molecule has 0 N–H and O–H groups in total. The standard InChI is InChI=1S/C20H23N3O3/c1-15-20(25)22(12-10-16-7-4-3-5-8-16)14-18(24)23(15)13-17-9-6-11-21-19(17)26-2/h3-9,11,15H,10,12-14H2,1-2H3/t15-/m1/s1. The average Bonchev–Trinajstić information content (AvgIpc) is 2.68. The molecule has 2 aromatic rings. The van der Waals surface area contributed by atoms with Gasteiger partial charge in [-0.1, -0.05) is 36.4 Å². The number of methoxy groups -OCH3 is 1. The minimum atomic E-state index is -0.503. The number of carbonyl (C=O) groups is 2. The Labute approximate surface area is 153 Å². The minimum absolute atomic E-state index is 0.0246. The van der Waals surface area contributed by atoms with Crippen molar-refractivity contribution < 1.29 is 14.3 Å². The van der Waals surface area contributed by atoms with Crippen LogP contribution in [0.4, 0.5) is 0 Å². The summed E-state index contributed by atoms with van der Waals surface area (Å²) in [7, 11) is 1.55. The number of amides is 2. The lowest BCUT2D eigenvalue weighted by atomic mass is 10.1. The summed E-state index contributed by atoms with van der Waals surface area (Å²) in [5, 5.41) is 0. The van der Waals surface area contributed by atoms with Crippen LogP contribution in [-0.2, 0) is 22.6 Å². The lowest BCUT2D eigenvalue weighted by Crippen LogP contribution is -2.58. The second-order valence-electron chi connectivity index (χ2n) is 6.36. The molecular formula is C20H23N3O3. The zero-order valence-electron chi connectivity index (χ0n) is 15.1. The van der Waals surface area contributed by atoms with E-state index in [1.807, 2.05) is 36.4 Å². The number of benzene rings is 1. The van der Waals surface area contributed by atoms with Crippen LogP contribution >= 0.6 is 0 Å². The van der Waals surface area contributed by atoms with Crippen LogP contribution < -0.4 is 4.74 Å². The smallest absolute Gasteiger partial charge is 0.245 e. The number of carbonyl (C=O) groups excluding carboxylic acids is 2. The second kappa shape index (κ2) is 7.99. The van der Waals surface area contributed by atoms with Crippen LogP contribution in [0.2, 0.25) is 0 Å². The summed E-state index contributed by atoms with van der Waals surface area (Å²) < 4.78 is 5.25. The summed E-state index contributed by atoms with van der Waals surface area (Å²) in [4.78, 5) is 32.8. The molecule has 6 heteroatoms. The molecule has 2 heterocycles. The fourth-order valence-electron chi connectivity index (χ4n) is 3.18. The first-order valence-corrected chi connectivity index (χ1v) is 8.70. The highest BCUT2D eigenvalue weighted by molar-refractivity contribution is 5.94. The Morgan fingerprint density at radius 3 is 2.65 bits per heavy atom. The van der Waals surface area contributed by atoms with Crippen LogP contribution in [0.3, 0.4) is 0 Å². The molecule has 0 aliphatic carbocycles. The summed E-state index contributed by atoms with van der Waals surface area (Å²) in [6, 6.07) is 13.1. The third kappa shape index (κ3) is 3.85. The van der Waals surface area contributed by atoms with Crippen LogP contribution in [-0.4, -0.2) is 52.8 Å². The van der Waals surface area contributed by atoms with E-state index in [0.717, 1.165) is 17.5 Å². The van der Waals surface area contributed by atoms with Gasteiger partial charge in [0.1, 0.15) is 6.04 Å². The number of aromatic nitrogens is 1. The molecule has 1 atom stereocenters. The third-order valence-electron chi connectivity index (χ3n) is 4.68. The normalized spacial score (nSPS) is 17.5. The zero-order chi connectivity index (χ0) is 18.5. The van der Waals surface area contributed by atoms with Crippen molar-refractivity contribution in [2.45, 2.75) is 25.9 Å². The van der Waals surface area contributed by atoms with Gasteiger partial charge in [-0.05, 0) is 25.0 Å². The molecule has 1 aromatic carbocycles. The van der Waals surface area contributed by atoms with Gasteiger partial charge in [-0.15, -0.1) is 0 Å². The Kier molecular flexibility index (Phi) is 5.51. The maximum absolute atomic E-state index is 12.7. The van der Waals surface area contributed by atoms with Crippen LogP contribution in [0.5, 0.6) is 5.88 Å². The highest BCUT2D eigenvalue weighted by atomic mass is 16.5. The van der Waals surface area contributed by atoms with E-state index in [-0.39, 0.29) is 18.4 Å². The van der Waals surface area contributed by atoms with Crippen molar-refractivity contribution in [1.29, 1.82) is 0 Å². The van der Waals surface area contributed by atoms with E-state index in [0.29, 0.717) is 19.0 Å². The van der Waals surface area contributed by atoms with E-state index in [1.54, 1.807) is 36.1 Å². The highest BCUT2D eigenvalue weighted by Gasteiger charge is 2.36. The van der Waals surface area contributed by atoms with E-state index >= 15 is 0 Å². The quantitative estimate of drug-likeness (QED) is 0.796. The Hall–Kier alpha value is -2.89. The number of rotatable bonds is 6. The molecule has 136 valence electrons. The zero-order valence-corrected chi connectivity index (χ0v) is 15.1. The van der Waals surface area contributed by atoms with Gasteiger partial charge < -0.3 is 14.5 Å². The molecule has 2 amide bonds. The number of hydrogen-bond donors (Lipinski definition) is 0. The third-order valence-corrected chi connectivity index (χ3v) is 4.68. The first-order chi connectivity index (χ1) is 12.6. The number of ether oxygens (including phenoxy) is 1. The van der Waals surface area contributed by atoms with Gasteiger partial charge in [-0.25, -0.2) is 4.98 Å². The van der Waals surface area contributed by atoms with Crippen LogP contribution in [0.25, 0.3) is 0 Å². The van der Waals surface area contributed by atoms with Crippen molar-refractivity contribution >= 4 is 11.8 Å². The first kappa shape index (κ1) is 17.9. The SMILES string of the molecule is COc1ncccc1CN1C(=O)CN(CCc2ccccc2)C(=O)[C@H]1C. The topological polar surface area (TPSA) is 62.7 Å². The molecule has 1 aliphatic rings. The van der Waals surface area contributed by atoms with Gasteiger partial charge in [0, 0.05) is 18.3 Å². The summed E-state index contributed by atoms with van der Waals surface area (Å²) in [5.41, 5.74) is 1.95.